The lowest BCUT2D eigenvalue weighted by molar-refractivity contribution is 0.623. The number of benzene rings is 1. The first-order valence-corrected chi connectivity index (χ1v) is 5.16. The fraction of sp³-hybridized carbons (Fsp3) is 0.250. The van der Waals surface area contributed by atoms with Crippen LogP contribution in [-0.4, -0.2) is 5.75 Å². The van der Waals surface area contributed by atoms with E-state index in [1.807, 2.05) is 6.07 Å². The highest BCUT2D eigenvalue weighted by atomic mass is 32.1. The Morgan fingerprint density at radius 2 is 2.20 bits per heavy atom. The smallest absolute Gasteiger partial charge is 0.138 e. The van der Waals surface area contributed by atoms with Gasteiger partial charge in [-0.2, -0.15) is 17.9 Å². The summed E-state index contributed by atoms with van der Waals surface area (Å²) < 4.78 is 13.2. The van der Waals surface area contributed by atoms with Crippen molar-refractivity contribution in [3.8, 4) is 17.9 Å². The van der Waals surface area contributed by atoms with Crippen LogP contribution in [0.3, 0.4) is 0 Å². The van der Waals surface area contributed by atoms with Gasteiger partial charge in [0.25, 0.3) is 0 Å². The van der Waals surface area contributed by atoms with Gasteiger partial charge in [0.1, 0.15) is 5.82 Å². The van der Waals surface area contributed by atoms with Gasteiger partial charge < -0.3 is 0 Å². The van der Waals surface area contributed by atoms with Crippen LogP contribution in [-0.2, 0) is 6.42 Å². The quantitative estimate of drug-likeness (QED) is 0.600. The van der Waals surface area contributed by atoms with Crippen molar-refractivity contribution in [2.24, 2.45) is 0 Å². The molecular formula is C12H10FNS. The monoisotopic (exact) mass is 219 g/mol. The van der Waals surface area contributed by atoms with Gasteiger partial charge in [-0.25, -0.2) is 4.39 Å². The Balaban J connectivity index is 2.92. The molecule has 0 unspecified atom stereocenters. The third-order valence-corrected chi connectivity index (χ3v) is 2.00. The fourth-order valence-electron chi connectivity index (χ4n) is 1.08. The molecule has 0 bridgehead atoms. The van der Waals surface area contributed by atoms with Gasteiger partial charge in [0.2, 0.25) is 0 Å². The molecule has 0 heterocycles. The van der Waals surface area contributed by atoms with Gasteiger partial charge in [0.05, 0.1) is 18.1 Å². The topological polar surface area (TPSA) is 23.8 Å². The standard InChI is InChI=1S/C12H10FNS/c13-12-5-4-10(6-7-14)9-11(12)3-1-2-8-15/h4-5,9,15H,2,6,8H2. The molecule has 0 aliphatic heterocycles. The number of nitriles is 1. The molecule has 0 fully saturated rings. The first kappa shape index (κ1) is 11.6. The molecule has 0 aliphatic rings. The molecule has 1 rings (SSSR count). The molecular weight excluding hydrogens is 209 g/mol. The van der Waals surface area contributed by atoms with E-state index in [1.165, 1.54) is 6.07 Å². The maximum atomic E-state index is 13.2. The molecule has 0 atom stereocenters. The molecule has 1 aromatic rings. The summed E-state index contributed by atoms with van der Waals surface area (Å²) in [6.45, 7) is 0. The van der Waals surface area contributed by atoms with Crippen molar-refractivity contribution >= 4 is 12.6 Å². The minimum atomic E-state index is -0.344. The maximum absolute atomic E-state index is 13.2. The molecule has 0 saturated heterocycles. The molecule has 0 aliphatic carbocycles. The van der Waals surface area contributed by atoms with Crippen LogP contribution >= 0.6 is 12.6 Å². The van der Waals surface area contributed by atoms with Crippen molar-refractivity contribution in [3.05, 3.63) is 35.1 Å². The second-order valence-corrected chi connectivity index (χ2v) is 3.37. The predicted octanol–water partition coefficient (Wildman–Crippen LogP) is 2.56. The van der Waals surface area contributed by atoms with Gasteiger partial charge in [-0.05, 0) is 17.7 Å². The molecule has 3 heteroatoms. The van der Waals surface area contributed by atoms with E-state index < -0.39 is 0 Å². The van der Waals surface area contributed by atoms with E-state index in [0.717, 1.165) is 5.56 Å². The summed E-state index contributed by atoms with van der Waals surface area (Å²) in [6, 6.07) is 6.57. The summed E-state index contributed by atoms with van der Waals surface area (Å²) >= 11 is 4.01. The first-order chi connectivity index (χ1) is 7.27. The minimum absolute atomic E-state index is 0.279. The molecule has 1 nitrogen and oxygen atoms in total. The number of thiol groups is 1. The van der Waals surface area contributed by atoms with E-state index in [1.54, 1.807) is 12.1 Å². The summed E-state index contributed by atoms with van der Waals surface area (Å²) in [5.74, 6) is 5.86. The van der Waals surface area contributed by atoms with E-state index >= 15 is 0 Å². The van der Waals surface area contributed by atoms with Gasteiger partial charge in [0.15, 0.2) is 0 Å². The lowest BCUT2D eigenvalue weighted by Crippen LogP contribution is -1.88. The largest absolute Gasteiger partial charge is 0.206 e. The Labute approximate surface area is 94.3 Å². The summed E-state index contributed by atoms with van der Waals surface area (Å²) in [7, 11) is 0. The highest BCUT2D eigenvalue weighted by Gasteiger charge is 2.00. The molecule has 0 spiro atoms. The lowest BCUT2D eigenvalue weighted by atomic mass is 10.1. The van der Waals surface area contributed by atoms with Crippen LogP contribution in [0.5, 0.6) is 0 Å². The van der Waals surface area contributed by atoms with Crippen LogP contribution < -0.4 is 0 Å². The number of hydrogen-bond acceptors (Lipinski definition) is 2. The minimum Gasteiger partial charge on any atom is -0.206 e. The van der Waals surface area contributed by atoms with Crippen molar-refractivity contribution in [2.75, 3.05) is 5.75 Å². The van der Waals surface area contributed by atoms with Crippen LogP contribution in [0.25, 0.3) is 0 Å². The van der Waals surface area contributed by atoms with E-state index in [0.29, 0.717) is 17.7 Å². The van der Waals surface area contributed by atoms with Crippen molar-refractivity contribution in [3.63, 3.8) is 0 Å². The van der Waals surface area contributed by atoms with E-state index in [2.05, 4.69) is 24.5 Å². The second-order valence-electron chi connectivity index (χ2n) is 2.92. The Kier molecular flexibility index (Phi) is 4.74. The zero-order valence-electron chi connectivity index (χ0n) is 8.13. The van der Waals surface area contributed by atoms with Gasteiger partial charge in [0, 0.05) is 12.2 Å². The maximum Gasteiger partial charge on any atom is 0.138 e. The Bertz CT molecular complexity index is 437. The number of rotatable bonds is 2. The van der Waals surface area contributed by atoms with E-state index in [4.69, 9.17) is 5.26 Å². The van der Waals surface area contributed by atoms with Gasteiger partial charge in [-0.1, -0.05) is 17.9 Å². The lowest BCUT2D eigenvalue weighted by Gasteiger charge is -1.97. The first-order valence-electron chi connectivity index (χ1n) is 4.53. The van der Waals surface area contributed by atoms with E-state index in [-0.39, 0.29) is 12.2 Å². The highest BCUT2D eigenvalue weighted by Crippen LogP contribution is 2.09. The summed E-state index contributed by atoms with van der Waals surface area (Å²) in [5, 5.41) is 8.50. The van der Waals surface area contributed by atoms with Crippen LogP contribution in [0.4, 0.5) is 4.39 Å². The van der Waals surface area contributed by atoms with Crippen molar-refractivity contribution < 1.29 is 4.39 Å². The Morgan fingerprint density at radius 1 is 1.40 bits per heavy atom. The van der Waals surface area contributed by atoms with Crippen molar-refractivity contribution in [1.82, 2.24) is 0 Å². The molecule has 76 valence electrons. The third kappa shape index (κ3) is 3.65. The number of halogens is 1. The zero-order chi connectivity index (χ0) is 11.1. The van der Waals surface area contributed by atoms with Gasteiger partial charge >= 0.3 is 0 Å². The van der Waals surface area contributed by atoms with Gasteiger partial charge in [-0.15, -0.1) is 0 Å². The molecule has 1 aromatic carbocycles. The Hall–Kier alpha value is -1.45. The van der Waals surface area contributed by atoms with Crippen LogP contribution in [0.1, 0.15) is 17.5 Å². The van der Waals surface area contributed by atoms with Crippen LogP contribution in [0, 0.1) is 29.0 Å². The third-order valence-electron chi connectivity index (χ3n) is 1.77. The van der Waals surface area contributed by atoms with Crippen molar-refractivity contribution in [1.29, 1.82) is 5.26 Å². The molecule has 0 saturated carbocycles. The fourth-order valence-corrected chi connectivity index (χ4v) is 1.19. The predicted molar refractivity (Wildman–Crippen MR) is 61.1 cm³/mol. The molecule has 15 heavy (non-hydrogen) atoms. The second kappa shape index (κ2) is 6.11. The van der Waals surface area contributed by atoms with Crippen LogP contribution in [0.2, 0.25) is 0 Å². The van der Waals surface area contributed by atoms with Gasteiger partial charge in [-0.3, -0.25) is 0 Å². The summed E-state index contributed by atoms with van der Waals surface area (Å²) in [4.78, 5) is 0. The molecule has 0 amide bonds. The normalized spacial score (nSPS) is 8.87. The molecule has 0 radical (unpaired) electrons. The molecule has 0 N–H and O–H groups in total. The SMILES string of the molecule is N#CCc1ccc(F)c(C#CCCS)c1. The van der Waals surface area contributed by atoms with Crippen molar-refractivity contribution in [2.45, 2.75) is 12.8 Å². The van der Waals surface area contributed by atoms with Crippen LogP contribution in [0.15, 0.2) is 18.2 Å². The number of nitrogens with zero attached hydrogens (tertiary/aromatic N) is 1. The highest BCUT2D eigenvalue weighted by molar-refractivity contribution is 7.80. The molecule has 0 aromatic heterocycles. The summed E-state index contributed by atoms with van der Waals surface area (Å²) in [5.41, 5.74) is 1.14. The van der Waals surface area contributed by atoms with E-state index in [9.17, 15) is 4.39 Å². The summed E-state index contributed by atoms with van der Waals surface area (Å²) in [6.07, 6.45) is 0.909. The average molecular weight is 219 g/mol. The average Bonchev–Trinajstić information content (AvgIpc) is 2.23. The number of hydrogen-bond donors (Lipinski definition) is 1. The zero-order valence-corrected chi connectivity index (χ0v) is 9.02. The Morgan fingerprint density at radius 3 is 2.87 bits per heavy atom.